The monoisotopic (exact) mass is 415 g/mol. The Hall–Kier alpha value is -2.35. The van der Waals surface area contributed by atoms with Crippen LogP contribution in [0.1, 0.15) is 20.7 Å². The van der Waals surface area contributed by atoms with E-state index in [0.717, 1.165) is 6.07 Å². The molecule has 0 aliphatic heterocycles. The predicted molar refractivity (Wildman–Crippen MR) is 99.2 cm³/mol. The van der Waals surface area contributed by atoms with Gasteiger partial charge in [-0.25, -0.2) is 0 Å². The molecule has 0 radical (unpaired) electrons. The topological polar surface area (TPSA) is 101 Å². The van der Waals surface area contributed by atoms with Gasteiger partial charge in [-0.15, -0.1) is 0 Å². The summed E-state index contributed by atoms with van der Waals surface area (Å²) in [6.45, 7) is 0.300. The summed E-state index contributed by atoms with van der Waals surface area (Å²) in [5.74, 6) is -0.875. The first-order valence-corrected chi connectivity index (χ1v) is 8.38. The molecule has 0 aromatic heterocycles. The Morgan fingerprint density at radius 3 is 2.12 bits per heavy atom. The van der Waals surface area contributed by atoms with Crippen molar-refractivity contribution in [3.8, 4) is 0 Å². The molecule has 0 saturated heterocycles. The summed E-state index contributed by atoms with van der Waals surface area (Å²) in [4.78, 5) is 34.1. The highest BCUT2D eigenvalue weighted by Crippen LogP contribution is 2.23. The van der Waals surface area contributed by atoms with Crippen molar-refractivity contribution in [3.05, 3.63) is 72.7 Å². The van der Waals surface area contributed by atoms with Crippen molar-refractivity contribution >= 4 is 52.3 Å². The average Bonchev–Trinajstić information content (AvgIpc) is 2.60. The van der Waals surface area contributed by atoms with Crippen LogP contribution < -0.4 is 10.6 Å². The van der Waals surface area contributed by atoms with Crippen LogP contribution in [-0.4, -0.2) is 29.8 Å². The third-order valence-corrected chi connectivity index (χ3v) is 4.34. The highest BCUT2D eigenvalue weighted by Gasteiger charge is 2.14. The summed E-state index contributed by atoms with van der Waals surface area (Å²) >= 11 is 17.5. The molecule has 0 unspecified atom stereocenters. The number of hydrogen-bond acceptors (Lipinski definition) is 4. The zero-order valence-electron chi connectivity index (χ0n) is 13.1. The smallest absolute Gasteiger partial charge is 0.270 e. The normalized spacial score (nSPS) is 10.3. The molecule has 2 amide bonds. The van der Waals surface area contributed by atoms with Crippen molar-refractivity contribution < 1.29 is 14.5 Å². The fourth-order valence-electron chi connectivity index (χ4n) is 1.99. The largest absolute Gasteiger partial charge is 0.350 e. The molecule has 26 heavy (non-hydrogen) atoms. The van der Waals surface area contributed by atoms with Crippen molar-refractivity contribution in [2.75, 3.05) is 13.1 Å². The molecule has 10 heteroatoms. The molecular formula is C16H12Cl3N3O4. The minimum Gasteiger partial charge on any atom is -0.350 e. The van der Waals surface area contributed by atoms with E-state index in [9.17, 15) is 19.7 Å². The number of benzene rings is 2. The van der Waals surface area contributed by atoms with Crippen LogP contribution in [0.25, 0.3) is 0 Å². The van der Waals surface area contributed by atoms with Crippen molar-refractivity contribution in [1.82, 2.24) is 10.6 Å². The van der Waals surface area contributed by atoms with E-state index in [-0.39, 0.29) is 40.3 Å². The Morgan fingerprint density at radius 1 is 0.885 bits per heavy atom. The number of carbonyl (C=O) groups excluding carboxylic acids is 2. The molecule has 136 valence electrons. The van der Waals surface area contributed by atoms with Crippen LogP contribution >= 0.6 is 34.8 Å². The molecule has 0 aliphatic rings. The molecule has 0 heterocycles. The van der Waals surface area contributed by atoms with Gasteiger partial charge in [-0.3, -0.25) is 19.7 Å². The summed E-state index contributed by atoms with van der Waals surface area (Å²) in [7, 11) is 0. The van der Waals surface area contributed by atoms with Gasteiger partial charge in [0, 0.05) is 30.8 Å². The number of nitrogens with zero attached hydrogens (tertiary/aromatic N) is 1. The van der Waals surface area contributed by atoms with E-state index in [2.05, 4.69) is 10.6 Å². The lowest BCUT2D eigenvalue weighted by Gasteiger charge is -2.08. The minimum absolute atomic E-state index is 0.0310. The zero-order valence-corrected chi connectivity index (χ0v) is 15.4. The summed E-state index contributed by atoms with van der Waals surface area (Å²) in [6, 6.07) is 8.03. The Bertz CT molecular complexity index is 874. The maximum atomic E-state index is 12.0. The zero-order chi connectivity index (χ0) is 19.3. The molecule has 7 nitrogen and oxygen atoms in total. The molecule has 2 aromatic rings. The first-order chi connectivity index (χ1) is 12.3. The molecule has 0 aliphatic carbocycles. The predicted octanol–water partition coefficient (Wildman–Crippen LogP) is 3.71. The van der Waals surface area contributed by atoms with E-state index < -0.39 is 10.8 Å². The van der Waals surface area contributed by atoms with Gasteiger partial charge in [0.2, 0.25) is 0 Å². The van der Waals surface area contributed by atoms with Gasteiger partial charge in [-0.05, 0) is 24.3 Å². The number of nitrogens with one attached hydrogen (secondary N) is 2. The van der Waals surface area contributed by atoms with E-state index >= 15 is 0 Å². The van der Waals surface area contributed by atoms with Gasteiger partial charge >= 0.3 is 0 Å². The van der Waals surface area contributed by atoms with Gasteiger partial charge in [0.25, 0.3) is 17.5 Å². The maximum absolute atomic E-state index is 12.0. The SMILES string of the molecule is O=C(NCCNC(=O)c1ccc([N+](=O)[O-])cc1Cl)c1ccc(Cl)c(Cl)c1. The Balaban J connectivity index is 1.85. The van der Waals surface area contributed by atoms with E-state index in [0.29, 0.717) is 10.6 Å². The van der Waals surface area contributed by atoms with Crippen LogP contribution in [0.5, 0.6) is 0 Å². The number of hydrogen-bond donors (Lipinski definition) is 2. The van der Waals surface area contributed by atoms with Gasteiger partial charge in [-0.2, -0.15) is 0 Å². The van der Waals surface area contributed by atoms with Crippen molar-refractivity contribution in [2.24, 2.45) is 0 Å². The summed E-state index contributed by atoms with van der Waals surface area (Å²) in [6.07, 6.45) is 0. The molecule has 0 spiro atoms. The molecule has 2 rings (SSSR count). The van der Waals surface area contributed by atoms with Crippen LogP contribution in [0.4, 0.5) is 5.69 Å². The van der Waals surface area contributed by atoms with Crippen LogP contribution in [-0.2, 0) is 0 Å². The Kier molecular flexibility index (Phi) is 6.79. The second-order valence-corrected chi connectivity index (χ2v) is 6.28. The molecule has 2 N–H and O–H groups in total. The fraction of sp³-hybridized carbons (Fsp3) is 0.125. The standard InChI is InChI=1S/C16H12Cl3N3O4/c17-12-4-1-9(7-14(12)19)15(23)20-5-6-21-16(24)11-3-2-10(22(25)26)8-13(11)18/h1-4,7-8H,5-6H2,(H,20,23)(H,21,24). The van der Waals surface area contributed by atoms with E-state index in [1.807, 2.05) is 0 Å². The quantitative estimate of drug-likeness (QED) is 0.426. The second-order valence-electron chi connectivity index (χ2n) is 5.06. The maximum Gasteiger partial charge on any atom is 0.270 e. The van der Waals surface area contributed by atoms with Crippen LogP contribution in [0.3, 0.4) is 0 Å². The number of rotatable bonds is 6. The van der Waals surface area contributed by atoms with Crippen LogP contribution in [0.15, 0.2) is 36.4 Å². The first kappa shape index (κ1) is 20.0. The summed E-state index contributed by atoms with van der Waals surface area (Å²) in [5, 5.41) is 16.4. The highest BCUT2D eigenvalue weighted by atomic mass is 35.5. The number of carbonyl (C=O) groups is 2. The molecule has 0 bridgehead atoms. The van der Waals surface area contributed by atoms with E-state index in [1.165, 1.54) is 30.3 Å². The van der Waals surface area contributed by atoms with Gasteiger partial charge in [0.05, 0.1) is 25.6 Å². The number of halogens is 3. The molecular weight excluding hydrogens is 405 g/mol. The van der Waals surface area contributed by atoms with Gasteiger partial charge in [-0.1, -0.05) is 34.8 Å². The third kappa shape index (κ3) is 5.08. The second kappa shape index (κ2) is 8.84. The van der Waals surface area contributed by atoms with Crippen molar-refractivity contribution in [3.63, 3.8) is 0 Å². The molecule has 2 aromatic carbocycles. The fourth-order valence-corrected chi connectivity index (χ4v) is 2.55. The van der Waals surface area contributed by atoms with Gasteiger partial charge in [0.1, 0.15) is 0 Å². The third-order valence-electron chi connectivity index (χ3n) is 3.29. The van der Waals surface area contributed by atoms with Crippen molar-refractivity contribution in [2.45, 2.75) is 0 Å². The average molecular weight is 417 g/mol. The lowest BCUT2D eigenvalue weighted by molar-refractivity contribution is -0.384. The Labute approximate surface area is 163 Å². The number of nitro groups is 1. The van der Waals surface area contributed by atoms with Crippen molar-refractivity contribution in [1.29, 1.82) is 0 Å². The lowest BCUT2D eigenvalue weighted by atomic mass is 10.2. The molecule has 0 atom stereocenters. The Morgan fingerprint density at radius 2 is 1.54 bits per heavy atom. The number of nitro benzene ring substituents is 1. The van der Waals surface area contributed by atoms with Crippen LogP contribution in [0, 0.1) is 10.1 Å². The minimum atomic E-state index is -0.605. The lowest BCUT2D eigenvalue weighted by Crippen LogP contribution is -2.34. The van der Waals surface area contributed by atoms with E-state index in [4.69, 9.17) is 34.8 Å². The molecule has 0 saturated carbocycles. The van der Waals surface area contributed by atoms with E-state index in [1.54, 1.807) is 0 Å². The molecule has 0 fully saturated rings. The van der Waals surface area contributed by atoms with Gasteiger partial charge < -0.3 is 10.6 Å². The highest BCUT2D eigenvalue weighted by molar-refractivity contribution is 6.42. The first-order valence-electron chi connectivity index (χ1n) is 7.25. The van der Waals surface area contributed by atoms with Gasteiger partial charge in [0.15, 0.2) is 0 Å². The number of amides is 2. The summed E-state index contributed by atoms with van der Waals surface area (Å²) in [5.41, 5.74) is 0.234. The number of non-ortho nitro benzene ring substituents is 1. The van der Waals surface area contributed by atoms with Crippen LogP contribution in [0.2, 0.25) is 15.1 Å². The summed E-state index contributed by atoms with van der Waals surface area (Å²) < 4.78 is 0.